The van der Waals surface area contributed by atoms with Crippen molar-refractivity contribution in [3.05, 3.63) is 63.1 Å². The van der Waals surface area contributed by atoms with Crippen molar-refractivity contribution >= 4 is 11.2 Å². The molecule has 114 valence electrons. The Morgan fingerprint density at radius 2 is 1.91 bits per heavy atom. The number of imidazole rings is 1. The summed E-state index contributed by atoms with van der Waals surface area (Å²) >= 11 is 0. The van der Waals surface area contributed by atoms with E-state index in [1.807, 2.05) is 37.3 Å². The van der Waals surface area contributed by atoms with Crippen molar-refractivity contribution < 1.29 is 51.4 Å². The quantitative estimate of drug-likeness (QED) is 0.525. The molecule has 3 aromatic rings. The minimum Gasteiger partial charge on any atom is -0.394 e. The molecular formula is C16H17KN4O2. The average molecular weight is 336 g/mol. The third kappa shape index (κ3) is 3.92. The molecule has 0 amide bonds. The van der Waals surface area contributed by atoms with E-state index in [9.17, 15) is 9.59 Å². The molecule has 0 atom stereocenters. The van der Waals surface area contributed by atoms with Crippen molar-refractivity contribution in [2.45, 2.75) is 32.9 Å². The van der Waals surface area contributed by atoms with Crippen LogP contribution in [0.2, 0.25) is 0 Å². The second-order valence-corrected chi connectivity index (χ2v) is 5.24. The van der Waals surface area contributed by atoms with Crippen molar-refractivity contribution in [2.24, 2.45) is 0 Å². The second kappa shape index (κ2) is 8.21. The second-order valence-electron chi connectivity index (χ2n) is 5.24. The first-order chi connectivity index (χ1) is 10.7. The number of unbranched alkanes of at least 4 members (excludes halogenated alkanes) is 1. The van der Waals surface area contributed by atoms with E-state index in [2.05, 4.69) is 9.97 Å². The van der Waals surface area contributed by atoms with E-state index in [0.29, 0.717) is 24.3 Å². The van der Waals surface area contributed by atoms with E-state index >= 15 is 0 Å². The number of aryl methyl sites for hydroxylation is 1. The Hall–Kier alpha value is -0.994. The van der Waals surface area contributed by atoms with Gasteiger partial charge < -0.3 is 14.1 Å². The van der Waals surface area contributed by atoms with Crippen LogP contribution >= 0.6 is 0 Å². The van der Waals surface area contributed by atoms with Gasteiger partial charge in [0.1, 0.15) is 5.52 Å². The van der Waals surface area contributed by atoms with Crippen molar-refractivity contribution in [2.75, 3.05) is 0 Å². The largest absolute Gasteiger partial charge is 1.00 e. The van der Waals surface area contributed by atoms with E-state index in [4.69, 9.17) is 0 Å². The SMILES string of the molecule is CCCCn1c(=O)[n-]c(=O)c2c1ncn2Cc1ccccc1.[K+]. The van der Waals surface area contributed by atoms with Gasteiger partial charge in [0.25, 0.3) is 0 Å². The molecule has 0 aliphatic rings. The van der Waals surface area contributed by atoms with Crippen molar-refractivity contribution in [3.8, 4) is 0 Å². The summed E-state index contributed by atoms with van der Waals surface area (Å²) < 4.78 is 3.24. The van der Waals surface area contributed by atoms with Gasteiger partial charge in [-0.05, 0) is 12.1 Å². The zero-order valence-corrected chi connectivity index (χ0v) is 16.5. The number of benzene rings is 1. The van der Waals surface area contributed by atoms with Gasteiger partial charge in [-0.2, -0.15) is 0 Å². The third-order valence-corrected chi connectivity index (χ3v) is 3.64. The molecule has 0 saturated carbocycles. The first kappa shape index (κ1) is 18.3. The van der Waals surface area contributed by atoms with Crippen LogP contribution in [0, 0.1) is 0 Å². The van der Waals surface area contributed by atoms with Gasteiger partial charge in [0, 0.05) is 6.54 Å². The van der Waals surface area contributed by atoms with Gasteiger partial charge in [0.15, 0.2) is 11.2 Å². The molecule has 0 radical (unpaired) electrons. The Balaban J connectivity index is 0.00000192. The number of aromatic nitrogens is 4. The summed E-state index contributed by atoms with van der Waals surface area (Å²) in [4.78, 5) is 31.9. The average Bonchev–Trinajstić information content (AvgIpc) is 2.92. The molecule has 0 fully saturated rings. The Morgan fingerprint density at radius 3 is 2.61 bits per heavy atom. The number of hydrogen-bond acceptors (Lipinski definition) is 3. The summed E-state index contributed by atoms with van der Waals surface area (Å²) in [6.07, 6.45) is 3.40. The number of nitrogens with zero attached hydrogens (tertiary/aromatic N) is 4. The Labute approximate surface area is 176 Å². The van der Waals surface area contributed by atoms with E-state index in [-0.39, 0.29) is 51.4 Å². The molecule has 0 bridgehead atoms. The third-order valence-electron chi connectivity index (χ3n) is 3.64. The first-order valence-electron chi connectivity index (χ1n) is 7.37. The van der Waals surface area contributed by atoms with Crippen LogP contribution in [-0.4, -0.2) is 14.1 Å². The molecule has 0 N–H and O–H groups in total. The molecule has 0 aliphatic heterocycles. The maximum absolute atomic E-state index is 12.1. The van der Waals surface area contributed by atoms with Gasteiger partial charge in [0.05, 0.1) is 12.0 Å². The fraction of sp³-hybridized carbons (Fsp3) is 0.312. The molecule has 6 nitrogen and oxygen atoms in total. The Kier molecular flexibility index (Phi) is 6.55. The van der Waals surface area contributed by atoms with Crippen LogP contribution < -0.4 is 67.6 Å². The topological polar surface area (TPSA) is 71.0 Å². The normalized spacial score (nSPS) is 10.7. The minimum atomic E-state index is -0.518. The summed E-state index contributed by atoms with van der Waals surface area (Å²) in [5.74, 6) is 0. The maximum atomic E-state index is 12.1. The molecular weight excluding hydrogens is 319 g/mol. The smallest absolute Gasteiger partial charge is 0.394 e. The Bertz CT molecular complexity index is 896. The van der Waals surface area contributed by atoms with Crippen LogP contribution in [0.4, 0.5) is 0 Å². The summed E-state index contributed by atoms with van der Waals surface area (Å²) in [6, 6.07) is 9.80. The fourth-order valence-electron chi connectivity index (χ4n) is 2.50. The zero-order valence-electron chi connectivity index (χ0n) is 13.4. The van der Waals surface area contributed by atoms with E-state index in [0.717, 1.165) is 18.4 Å². The fourth-order valence-corrected chi connectivity index (χ4v) is 2.50. The molecule has 0 saturated heterocycles. The molecule has 1 aromatic carbocycles. The van der Waals surface area contributed by atoms with E-state index in [1.54, 1.807) is 10.9 Å². The van der Waals surface area contributed by atoms with Gasteiger partial charge in [-0.1, -0.05) is 50.1 Å². The summed E-state index contributed by atoms with van der Waals surface area (Å²) in [7, 11) is 0. The molecule has 7 heteroatoms. The van der Waals surface area contributed by atoms with Gasteiger partial charge in [-0.15, -0.1) is 0 Å². The standard InChI is InChI=1S/C16H18N4O2.K/c1-2-3-9-20-14-13(15(21)18-16(20)22)19(11-17-14)10-12-7-5-4-6-8-12;/h4-8,11H,2-3,9-10H2,1H3,(H,18,21,22);/q;+1/p-1. The van der Waals surface area contributed by atoms with Gasteiger partial charge in [0.2, 0.25) is 0 Å². The van der Waals surface area contributed by atoms with Crippen LogP contribution in [-0.2, 0) is 13.1 Å². The van der Waals surface area contributed by atoms with Crippen LogP contribution in [0.15, 0.2) is 46.2 Å². The zero-order chi connectivity index (χ0) is 15.5. The van der Waals surface area contributed by atoms with E-state index in [1.165, 1.54) is 4.57 Å². The molecule has 2 heterocycles. The summed E-state index contributed by atoms with van der Waals surface area (Å²) in [6.45, 7) is 3.10. The molecule has 23 heavy (non-hydrogen) atoms. The van der Waals surface area contributed by atoms with Crippen LogP contribution in [0.5, 0.6) is 0 Å². The Morgan fingerprint density at radius 1 is 1.17 bits per heavy atom. The maximum Gasteiger partial charge on any atom is 1.00 e. The van der Waals surface area contributed by atoms with Crippen molar-refractivity contribution in [1.29, 1.82) is 0 Å². The van der Waals surface area contributed by atoms with Crippen LogP contribution in [0.1, 0.15) is 25.3 Å². The molecule has 2 aromatic heterocycles. The van der Waals surface area contributed by atoms with E-state index < -0.39 is 11.2 Å². The van der Waals surface area contributed by atoms with Gasteiger partial charge >= 0.3 is 51.4 Å². The number of rotatable bonds is 5. The molecule has 0 spiro atoms. The van der Waals surface area contributed by atoms with Crippen molar-refractivity contribution in [3.63, 3.8) is 0 Å². The predicted octanol–water partition coefficient (Wildman–Crippen LogP) is -1.63. The monoisotopic (exact) mass is 336 g/mol. The predicted molar refractivity (Wildman–Crippen MR) is 84.0 cm³/mol. The first-order valence-corrected chi connectivity index (χ1v) is 7.37. The summed E-state index contributed by atoms with van der Waals surface area (Å²) in [5.41, 5.74) is 0.846. The van der Waals surface area contributed by atoms with Gasteiger partial charge in [-0.25, -0.2) is 4.98 Å². The van der Waals surface area contributed by atoms with Gasteiger partial charge in [-0.3, -0.25) is 9.59 Å². The number of fused-ring (bicyclic) bond motifs is 1. The summed E-state index contributed by atoms with van der Waals surface area (Å²) in [5, 5.41) is 0. The number of hydrogen-bond donors (Lipinski definition) is 0. The molecule has 0 aliphatic carbocycles. The molecule has 3 rings (SSSR count). The molecule has 0 unspecified atom stereocenters. The van der Waals surface area contributed by atoms with Crippen molar-refractivity contribution in [1.82, 2.24) is 19.1 Å². The van der Waals surface area contributed by atoms with Crippen LogP contribution in [0.25, 0.3) is 11.2 Å². The van der Waals surface area contributed by atoms with Crippen LogP contribution in [0.3, 0.4) is 0 Å². The minimum absolute atomic E-state index is 0.